The lowest BCUT2D eigenvalue weighted by Crippen LogP contribution is -2.00. The van der Waals surface area contributed by atoms with Crippen molar-refractivity contribution in [3.05, 3.63) is 82.6 Å². The number of hydrogen-bond acceptors (Lipinski definition) is 12. The standard InChI is InChI=1S/C40H48O6P2S6/c1-5-43-47(41,44-6-2)27-11-9-13-29-15-17-31(49-29)33-19-21-35(51-33)37-23-25-39(53-37)40-26-24-38(54-40)36-22-20-34(52-36)32-18-16-30(50-32)14-10-12-28-48(42,45-7-3)46-8-4/h15-26H,5-14,27-28H2,1-4H3. The third kappa shape index (κ3) is 11.3. The molecule has 6 rings (SSSR count). The fourth-order valence-electron chi connectivity index (χ4n) is 6.03. The van der Waals surface area contributed by atoms with Gasteiger partial charge in [-0.2, -0.15) is 0 Å². The molecule has 54 heavy (non-hydrogen) atoms. The van der Waals surface area contributed by atoms with E-state index < -0.39 is 15.2 Å². The third-order valence-electron chi connectivity index (χ3n) is 8.48. The molecule has 0 atom stereocenters. The van der Waals surface area contributed by atoms with Crippen molar-refractivity contribution in [2.75, 3.05) is 38.8 Å². The van der Waals surface area contributed by atoms with Gasteiger partial charge in [0.2, 0.25) is 0 Å². The van der Waals surface area contributed by atoms with E-state index in [0.717, 1.165) is 38.5 Å². The molecular weight excluding hydrogens is 831 g/mol. The Labute approximate surface area is 344 Å². The molecule has 6 nitrogen and oxygen atoms in total. The molecule has 6 heterocycles. The first-order valence-electron chi connectivity index (χ1n) is 18.6. The van der Waals surface area contributed by atoms with E-state index in [-0.39, 0.29) is 0 Å². The van der Waals surface area contributed by atoms with E-state index in [2.05, 4.69) is 72.8 Å². The van der Waals surface area contributed by atoms with Gasteiger partial charge in [-0.15, -0.1) is 68.0 Å². The first kappa shape index (κ1) is 42.1. The molecule has 0 bridgehead atoms. The van der Waals surface area contributed by atoms with Gasteiger partial charge in [-0.25, -0.2) is 0 Å². The summed E-state index contributed by atoms with van der Waals surface area (Å²) in [6.45, 7) is 9.07. The topological polar surface area (TPSA) is 71.1 Å². The molecule has 0 aromatic carbocycles. The molecule has 6 aromatic rings. The van der Waals surface area contributed by atoms with Gasteiger partial charge >= 0.3 is 15.2 Å². The van der Waals surface area contributed by atoms with Crippen molar-refractivity contribution < 1.29 is 27.2 Å². The largest absolute Gasteiger partial charge is 0.330 e. The highest BCUT2D eigenvalue weighted by molar-refractivity contribution is 7.54. The Balaban J connectivity index is 1.01. The molecule has 0 aliphatic rings. The van der Waals surface area contributed by atoms with Crippen LogP contribution in [-0.2, 0) is 40.1 Å². The second-order valence-electron chi connectivity index (χ2n) is 12.4. The van der Waals surface area contributed by atoms with Gasteiger partial charge in [0.1, 0.15) is 0 Å². The minimum absolute atomic E-state index is 0.410. The van der Waals surface area contributed by atoms with Crippen LogP contribution in [0, 0.1) is 0 Å². The highest BCUT2D eigenvalue weighted by Crippen LogP contribution is 2.50. The van der Waals surface area contributed by atoms with E-state index in [1.54, 1.807) is 0 Å². The minimum Gasteiger partial charge on any atom is -0.309 e. The molecule has 14 heteroatoms. The summed E-state index contributed by atoms with van der Waals surface area (Å²) in [5, 5.41) is 0. The molecule has 0 spiro atoms. The van der Waals surface area contributed by atoms with Crippen molar-refractivity contribution in [2.24, 2.45) is 0 Å². The van der Waals surface area contributed by atoms with Crippen LogP contribution in [0.15, 0.2) is 72.8 Å². The first-order valence-corrected chi connectivity index (χ1v) is 26.9. The monoisotopic (exact) mass is 878 g/mol. The summed E-state index contributed by atoms with van der Waals surface area (Å²) < 4.78 is 47.2. The van der Waals surface area contributed by atoms with E-state index >= 15 is 0 Å². The van der Waals surface area contributed by atoms with Gasteiger partial charge < -0.3 is 18.1 Å². The van der Waals surface area contributed by atoms with Gasteiger partial charge in [0, 0.05) is 58.5 Å². The highest BCUT2D eigenvalue weighted by Gasteiger charge is 2.24. The van der Waals surface area contributed by atoms with E-state index in [4.69, 9.17) is 18.1 Å². The summed E-state index contributed by atoms with van der Waals surface area (Å²) in [4.78, 5) is 15.7. The summed E-state index contributed by atoms with van der Waals surface area (Å²) in [5.74, 6) is 0. The molecule has 0 N–H and O–H groups in total. The quantitative estimate of drug-likeness (QED) is 0.0472. The van der Waals surface area contributed by atoms with Crippen LogP contribution in [0.3, 0.4) is 0 Å². The Hall–Kier alpha value is -1.50. The zero-order chi connectivity index (χ0) is 38.0. The molecule has 0 fully saturated rings. The van der Waals surface area contributed by atoms with Gasteiger partial charge in [-0.1, -0.05) is 0 Å². The van der Waals surface area contributed by atoms with Crippen molar-refractivity contribution in [3.63, 3.8) is 0 Å². The molecule has 0 amide bonds. The molecular formula is C40H48O6P2S6. The lowest BCUT2D eigenvalue weighted by molar-refractivity contribution is 0.218. The van der Waals surface area contributed by atoms with Crippen LogP contribution in [-0.4, -0.2) is 38.8 Å². The van der Waals surface area contributed by atoms with Gasteiger partial charge in [0.15, 0.2) is 0 Å². The normalized spacial score (nSPS) is 12.3. The second-order valence-corrected chi connectivity index (χ2v) is 23.5. The average molecular weight is 879 g/mol. The Morgan fingerprint density at radius 1 is 0.370 bits per heavy atom. The summed E-state index contributed by atoms with van der Waals surface area (Å²) in [6.07, 6.45) is 6.47. The van der Waals surface area contributed by atoms with Crippen LogP contribution in [0.5, 0.6) is 0 Å². The summed E-state index contributed by atoms with van der Waals surface area (Å²) in [6, 6.07) is 26.9. The van der Waals surface area contributed by atoms with Crippen LogP contribution >= 0.6 is 83.2 Å². The van der Waals surface area contributed by atoms with Crippen LogP contribution < -0.4 is 0 Å². The van der Waals surface area contributed by atoms with Crippen molar-refractivity contribution in [1.29, 1.82) is 0 Å². The minimum atomic E-state index is -2.96. The van der Waals surface area contributed by atoms with Crippen molar-refractivity contribution >= 4 is 83.2 Å². The Morgan fingerprint density at radius 3 is 0.870 bits per heavy atom. The maximum Gasteiger partial charge on any atom is 0.330 e. The molecule has 6 aromatic heterocycles. The van der Waals surface area contributed by atoms with Gasteiger partial charge in [0.05, 0.1) is 38.8 Å². The predicted octanol–water partition coefficient (Wildman–Crippen LogP) is 15.6. The molecule has 0 radical (unpaired) electrons. The zero-order valence-electron chi connectivity index (χ0n) is 31.2. The molecule has 0 saturated carbocycles. The number of hydrogen-bond donors (Lipinski definition) is 0. The van der Waals surface area contributed by atoms with E-state index in [9.17, 15) is 9.13 Å². The number of aryl methyl sites for hydroxylation is 2. The Kier molecular flexibility index (Phi) is 15.8. The molecule has 290 valence electrons. The van der Waals surface area contributed by atoms with Crippen molar-refractivity contribution in [1.82, 2.24) is 0 Å². The maximum atomic E-state index is 12.7. The molecule has 0 saturated heterocycles. The van der Waals surface area contributed by atoms with Crippen molar-refractivity contribution in [2.45, 2.75) is 66.2 Å². The van der Waals surface area contributed by atoms with Crippen LogP contribution in [0.4, 0.5) is 0 Å². The Bertz CT molecular complexity index is 1980. The lowest BCUT2D eigenvalue weighted by Gasteiger charge is -2.16. The molecule has 0 aliphatic carbocycles. The van der Waals surface area contributed by atoms with Gasteiger partial charge in [-0.3, -0.25) is 9.13 Å². The molecule has 0 unspecified atom stereocenters. The maximum absolute atomic E-state index is 12.7. The highest BCUT2D eigenvalue weighted by atomic mass is 32.1. The fraction of sp³-hybridized carbons (Fsp3) is 0.400. The summed E-state index contributed by atoms with van der Waals surface area (Å²) in [7, 11) is -5.93. The number of unbranched alkanes of at least 4 members (excludes halogenated alkanes) is 2. The van der Waals surface area contributed by atoms with Crippen LogP contribution in [0.1, 0.15) is 63.1 Å². The van der Waals surface area contributed by atoms with E-state index in [1.807, 2.05) is 95.7 Å². The van der Waals surface area contributed by atoms with E-state index in [1.165, 1.54) is 58.5 Å². The number of rotatable bonds is 23. The van der Waals surface area contributed by atoms with Gasteiger partial charge in [-0.05, 0) is 139 Å². The fourth-order valence-corrected chi connectivity index (χ4v) is 16.1. The smallest absolute Gasteiger partial charge is 0.309 e. The summed E-state index contributed by atoms with van der Waals surface area (Å²) in [5.41, 5.74) is 0. The van der Waals surface area contributed by atoms with Crippen molar-refractivity contribution in [3.8, 4) is 48.8 Å². The molecule has 0 aliphatic heterocycles. The second kappa shape index (κ2) is 20.3. The van der Waals surface area contributed by atoms with E-state index in [0.29, 0.717) is 38.8 Å². The first-order chi connectivity index (χ1) is 26.2. The Morgan fingerprint density at radius 2 is 0.611 bits per heavy atom. The predicted molar refractivity (Wildman–Crippen MR) is 238 cm³/mol. The summed E-state index contributed by atoms with van der Waals surface area (Å²) >= 11 is 11.1. The zero-order valence-corrected chi connectivity index (χ0v) is 37.9. The van der Waals surface area contributed by atoms with Gasteiger partial charge in [0.25, 0.3) is 0 Å². The van der Waals surface area contributed by atoms with Crippen LogP contribution in [0.2, 0.25) is 0 Å². The average Bonchev–Trinajstić information content (AvgIpc) is 4.00. The third-order valence-corrected chi connectivity index (χ3v) is 20.4. The van der Waals surface area contributed by atoms with Crippen LogP contribution in [0.25, 0.3) is 48.8 Å². The SMILES string of the molecule is CCOP(=O)(CCCCc1ccc(-c2ccc(-c3ccc(-c4ccc(-c5ccc(-c6ccc(CCCCP(=O)(OCC)OCC)s6)s5)s4)s3)s2)s1)OCC. The lowest BCUT2D eigenvalue weighted by atomic mass is 10.2. The number of thiophene rings is 6.